The van der Waals surface area contributed by atoms with Crippen LogP contribution in [0.25, 0.3) is 10.9 Å². The molecule has 0 fully saturated rings. The number of para-hydroxylation sites is 1. The molecule has 2 aromatic carbocycles. The van der Waals surface area contributed by atoms with Crippen LogP contribution < -0.4 is 4.74 Å². The van der Waals surface area contributed by atoms with Crippen LogP contribution in [-0.4, -0.2) is 29.4 Å². The van der Waals surface area contributed by atoms with Gasteiger partial charge in [0.1, 0.15) is 5.75 Å². The first-order chi connectivity index (χ1) is 13.0. The summed E-state index contributed by atoms with van der Waals surface area (Å²) in [4.78, 5) is 28.0. The van der Waals surface area contributed by atoms with E-state index < -0.39 is 12.1 Å². The Labute approximate surface area is 158 Å². The molecular formula is C22H23NO4. The van der Waals surface area contributed by atoms with Gasteiger partial charge in [-0.15, -0.1) is 0 Å². The van der Waals surface area contributed by atoms with Crippen molar-refractivity contribution in [2.45, 2.75) is 33.3 Å². The fraction of sp³-hybridized carbons (Fsp3) is 0.273. The number of benzene rings is 2. The number of ether oxygens (including phenoxy) is 2. The maximum Gasteiger partial charge on any atom is 0.344 e. The Bertz CT molecular complexity index is 956. The molecule has 0 radical (unpaired) electrons. The van der Waals surface area contributed by atoms with Crippen molar-refractivity contribution in [1.82, 2.24) is 4.98 Å². The van der Waals surface area contributed by atoms with Crippen molar-refractivity contribution < 1.29 is 19.1 Å². The van der Waals surface area contributed by atoms with Crippen molar-refractivity contribution in [1.29, 1.82) is 0 Å². The average Bonchev–Trinajstić information content (AvgIpc) is 3.01. The third-order valence-corrected chi connectivity index (χ3v) is 4.51. The highest BCUT2D eigenvalue weighted by molar-refractivity contribution is 6.11. The van der Waals surface area contributed by atoms with Gasteiger partial charge in [0.05, 0.1) is 0 Å². The number of aromatic amines is 1. The van der Waals surface area contributed by atoms with Gasteiger partial charge in [0, 0.05) is 22.2 Å². The van der Waals surface area contributed by atoms with E-state index in [0.717, 1.165) is 23.0 Å². The lowest BCUT2D eigenvalue weighted by atomic mass is 10.0. The number of aryl methyl sites for hydroxylation is 2. The first-order valence-corrected chi connectivity index (χ1v) is 9.02. The Balaban J connectivity index is 1.61. The number of carbonyl (C=O) groups is 2. The number of rotatable bonds is 7. The molecule has 0 bridgehead atoms. The summed E-state index contributed by atoms with van der Waals surface area (Å²) in [6.45, 7) is 5.25. The molecule has 1 atom stereocenters. The average molecular weight is 365 g/mol. The molecule has 0 amide bonds. The van der Waals surface area contributed by atoms with Gasteiger partial charge in [-0.1, -0.05) is 37.3 Å². The minimum Gasteiger partial charge on any atom is -0.482 e. The summed E-state index contributed by atoms with van der Waals surface area (Å²) in [6.07, 6.45) is 0.0522. The molecule has 3 aromatic rings. The van der Waals surface area contributed by atoms with E-state index in [9.17, 15) is 9.59 Å². The maximum absolute atomic E-state index is 12.8. The quantitative estimate of drug-likeness (QED) is 0.502. The van der Waals surface area contributed by atoms with Crippen molar-refractivity contribution in [3.63, 3.8) is 0 Å². The van der Waals surface area contributed by atoms with Gasteiger partial charge < -0.3 is 14.5 Å². The molecule has 1 N–H and O–H groups in total. The molecule has 1 heterocycles. The van der Waals surface area contributed by atoms with Gasteiger partial charge in [0.2, 0.25) is 5.78 Å². The zero-order valence-electron chi connectivity index (χ0n) is 15.7. The molecule has 1 aromatic heterocycles. The van der Waals surface area contributed by atoms with Crippen molar-refractivity contribution in [3.05, 3.63) is 65.4 Å². The Kier molecular flexibility index (Phi) is 5.60. The molecule has 5 heteroatoms. The normalized spacial score (nSPS) is 12.0. The Hall–Kier alpha value is -3.08. The summed E-state index contributed by atoms with van der Waals surface area (Å²) >= 11 is 0. The van der Waals surface area contributed by atoms with E-state index in [0.29, 0.717) is 11.3 Å². The van der Waals surface area contributed by atoms with Crippen LogP contribution in [0.1, 0.15) is 35.5 Å². The number of hydrogen-bond donors (Lipinski definition) is 1. The van der Waals surface area contributed by atoms with Crippen molar-refractivity contribution in [2.75, 3.05) is 6.61 Å². The fourth-order valence-corrected chi connectivity index (χ4v) is 3.05. The van der Waals surface area contributed by atoms with E-state index in [4.69, 9.17) is 9.47 Å². The van der Waals surface area contributed by atoms with Crippen LogP contribution in [0.4, 0.5) is 0 Å². The number of carbonyl (C=O) groups excluding carboxylic acids is 2. The van der Waals surface area contributed by atoms with Crippen molar-refractivity contribution in [3.8, 4) is 5.75 Å². The topological polar surface area (TPSA) is 68.4 Å². The van der Waals surface area contributed by atoms with Crippen LogP contribution in [-0.2, 0) is 16.0 Å². The number of hydrogen-bond acceptors (Lipinski definition) is 4. The highest BCUT2D eigenvalue weighted by atomic mass is 16.6. The van der Waals surface area contributed by atoms with Crippen LogP contribution in [0.15, 0.2) is 48.5 Å². The van der Waals surface area contributed by atoms with E-state index in [1.54, 1.807) is 6.92 Å². The molecule has 0 unspecified atom stereocenters. The van der Waals surface area contributed by atoms with Crippen LogP contribution in [0.3, 0.4) is 0 Å². The maximum atomic E-state index is 12.8. The lowest BCUT2D eigenvalue weighted by Gasteiger charge is -2.13. The number of esters is 1. The highest BCUT2D eigenvalue weighted by Gasteiger charge is 2.24. The Morgan fingerprint density at radius 3 is 2.48 bits per heavy atom. The largest absolute Gasteiger partial charge is 0.482 e. The van der Waals surface area contributed by atoms with Gasteiger partial charge in [-0.2, -0.15) is 0 Å². The molecule has 0 aliphatic heterocycles. The standard InChI is InChI=1S/C22H23NO4/c1-4-16-9-11-17(12-10-16)26-13-20(24)27-15(3)22(25)21-14(2)23-19-8-6-5-7-18(19)21/h5-12,15,23H,4,13H2,1-3H3/t15-/m1/s1. The zero-order valence-corrected chi connectivity index (χ0v) is 15.7. The van der Waals surface area contributed by atoms with Crippen molar-refractivity contribution in [2.24, 2.45) is 0 Å². The summed E-state index contributed by atoms with van der Waals surface area (Å²) in [7, 11) is 0. The smallest absolute Gasteiger partial charge is 0.344 e. The van der Waals surface area contributed by atoms with Gasteiger partial charge in [-0.05, 0) is 44.0 Å². The molecule has 140 valence electrons. The number of fused-ring (bicyclic) bond motifs is 1. The predicted molar refractivity (Wildman–Crippen MR) is 104 cm³/mol. The van der Waals surface area contributed by atoms with Crippen LogP contribution in [0, 0.1) is 6.92 Å². The number of aromatic nitrogens is 1. The summed E-state index contributed by atoms with van der Waals surface area (Å²) in [5.74, 6) is -0.214. The summed E-state index contributed by atoms with van der Waals surface area (Å²) in [6, 6.07) is 15.1. The lowest BCUT2D eigenvalue weighted by Crippen LogP contribution is -2.27. The SMILES string of the molecule is CCc1ccc(OCC(=O)O[C@H](C)C(=O)c2c(C)[nH]c3ccccc23)cc1. The van der Waals surface area contributed by atoms with Gasteiger partial charge in [-0.25, -0.2) is 4.79 Å². The number of ketones is 1. The minimum atomic E-state index is -0.888. The summed E-state index contributed by atoms with van der Waals surface area (Å²) in [5.41, 5.74) is 3.40. The highest BCUT2D eigenvalue weighted by Crippen LogP contribution is 2.24. The van der Waals surface area contributed by atoms with Crippen molar-refractivity contribution >= 4 is 22.7 Å². The zero-order chi connectivity index (χ0) is 19.4. The third-order valence-electron chi connectivity index (χ3n) is 4.51. The molecule has 3 rings (SSSR count). The van der Waals surface area contributed by atoms with E-state index in [1.807, 2.05) is 55.5 Å². The van der Waals surface area contributed by atoms with Gasteiger partial charge in [-0.3, -0.25) is 4.79 Å². The Morgan fingerprint density at radius 2 is 1.78 bits per heavy atom. The Morgan fingerprint density at radius 1 is 1.07 bits per heavy atom. The first kappa shape index (κ1) is 18.7. The van der Waals surface area contributed by atoms with E-state index in [-0.39, 0.29) is 12.4 Å². The summed E-state index contributed by atoms with van der Waals surface area (Å²) in [5, 5.41) is 0.829. The van der Waals surface area contributed by atoms with Gasteiger partial charge in [0.15, 0.2) is 12.7 Å². The molecule has 27 heavy (non-hydrogen) atoms. The second-order valence-electron chi connectivity index (χ2n) is 6.45. The molecule has 5 nitrogen and oxygen atoms in total. The second kappa shape index (κ2) is 8.08. The van der Waals surface area contributed by atoms with Crippen LogP contribution in [0.2, 0.25) is 0 Å². The molecule has 0 aliphatic carbocycles. The summed E-state index contributed by atoms with van der Waals surface area (Å²) < 4.78 is 10.7. The number of Topliss-reactive ketones (excluding diaryl/α,β-unsaturated/α-hetero) is 1. The lowest BCUT2D eigenvalue weighted by molar-refractivity contribution is -0.148. The monoisotopic (exact) mass is 365 g/mol. The second-order valence-corrected chi connectivity index (χ2v) is 6.45. The minimum absolute atomic E-state index is 0.231. The first-order valence-electron chi connectivity index (χ1n) is 9.02. The van der Waals surface area contributed by atoms with Crippen LogP contribution >= 0.6 is 0 Å². The number of nitrogens with one attached hydrogen (secondary N) is 1. The molecule has 0 saturated carbocycles. The molecule has 0 saturated heterocycles. The van der Waals surface area contributed by atoms with E-state index >= 15 is 0 Å². The number of H-pyrrole nitrogens is 1. The van der Waals surface area contributed by atoms with E-state index in [2.05, 4.69) is 11.9 Å². The van der Waals surface area contributed by atoms with E-state index in [1.165, 1.54) is 5.56 Å². The third kappa shape index (κ3) is 4.19. The van der Waals surface area contributed by atoms with Crippen LogP contribution in [0.5, 0.6) is 5.75 Å². The molecular weight excluding hydrogens is 342 g/mol. The molecule has 0 spiro atoms. The molecule has 0 aliphatic rings. The van der Waals surface area contributed by atoms with Gasteiger partial charge in [0.25, 0.3) is 0 Å². The predicted octanol–water partition coefficient (Wildman–Crippen LogP) is 4.23. The fourth-order valence-electron chi connectivity index (χ4n) is 3.05. The van der Waals surface area contributed by atoms with Gasteiger partial charge >= 0.3 is 5.97 Å².